The third kappa shape index (κ3) is 4.18. The van der Waals surface area contributed by atoms with Crippen LogP contribution in [0.1, 0.15) is 19.3 Å². The van der Waals surface area contributed by atoms with Gasteiger partial charge in [0.25, 0.3) is 0 Å². The summed E-state index contributed by atoms with van der Waals surface area (Å²) in [6, 6.07) is 17.5. The number of rotatable bonds is 4. The summed E-state index contributed by atoms with van der Waals surface area (Å²) in [7, 11) is 0. The molecule has 3 aromatic rings. The van der Waals surface area contributed by atoms with Gasteiger partial charge in [-0.05, 0) is 31.4 Å². The van der Waals surface area contributed by atoms with Gasteiger partial charge in [0.05, 0.1) is 5.69 Å². The highest BCUT2D eigenvalue weighted by Crippen LogP contribution is 2.29. The summed E-state index contributed by atoms with van der Waals surface area (Å²) in [4.78, 5) is 17.1. The van der Waals surface area contributed by atoms with E-state index in [1.54, 1.807) is 0 Å². The predicted octanol–water partition coefficient (Wildman–Crippen LogP) is 3.63. The Morgan fingerprint density at radius 3 is 2.56 bits per heavy atom. The van der Waals surface area contributed by atoms with E-state index in [0.717, 1.165) is 36.1 Å². The molecule has 6 nitrogen and oxygen atoms in total. The summed E-state index contributed by atoms with van der Waals surface area (Å²) in [6.07, 6.45) is 2.49. The molecule has 1 saturated carbocycles. The maximum Gasteiger partial charge on any atom is 0.227 e. The molecule has 0 radical (unpaired) electrons. The lowest BCUT2D eigenvalue weighted by molar-refractivity contribution is -0.119. The molecule has 0 aliphatic heterocycles. The minimum Gasteiger partial charge on any atom is -0.328 e. The molecule has 0 saturated heterocycles. The molecule has 1 aliphatic rings. The van der Waals surface area contributed by atoms with Crippen LogP contribution in [0.5, 0.6) is 0 Å². The third-order valence-corrected chi connectivity index (χ3v) is 4.80. The van der Waals surface area contributed by atoms with Crippen molar-refractivity contribution in [3.63, 3.8) is 0 Å². The lowest BCUT2D eigenvalue weighted by Gasteiger charge is -2.13. The molecule has 140 valence electrons. The van der Waals surface area contributed by atoms with E-state index in [1.165, 1.54) is 0 Å². The van der Waals surface area contributed by atoms with Crippen LogP contribution in [-0.4, -0.2) is 27.1 Å². The molecule has 27 heavy (non-hydrogen) atoms. The zero-order chi connectivity index (χ0) is 17.9. The van der Waals surface area contributed by atoms with E-state index in [-0.39, 0.29) is 30.3 Å². The molecule has 0 bridgehead atoms. The van der Waals surface area contributed by atoms with E-state index in [0.29, 0.717) is 11.6 Å². The number of carbonyl (C=O) groups is 1. The summed E-state index contributed by atoms with van der Waals surface area (Å²) in [5.74, 6) is 1.26. The van der Waals surface area contributed by atoms with Crippen molar-refractivity contribution in [1.29, 1.82) is 0 Å². The van der Waals surface area contributed by atoms with Crippen molar-refractivity contribution in [2.75, 3.05) is 5.32 Å². The lowest BCUT2D eigenvalue weighted by atomic mass is 10.1. The van der Waals surface area contributed by atoms with E-state index >= 15 is 0 Å². The number of nitrogens with two attached hydrogens (primary N) is 1. The molecule has 7 heteroatoms. The Morgan fingerprint density at radius 1 is 1.07 bits per heavy atom. The average molecular weight is 384 g/mol. The Labute approximate surface area is 164 Å². The van der Waals surface area contributed by atoms with Gasteiger partial charge in [-0.1, -0.05) is 42.5 Å². The average Bonchev–Trinajstić information content (AvgIpc) is 3.32. The molecule has 1 aromatic heterocycles. The van der Waals surface area contributed by atoms with E-state index < -0.39 is 0 Å². The molecule has 4 N–H and O–H groups in total. The number of hydrogen-bond donors (Lipinski definition) is 3. The Bertz CT molecular complexity index is 912. The maximum atomic E-state index is 12.6. The molecular formula is C20H22ClN5O. The maximum absolute atomic E-state index is 12.6. The number of anilines is 1. The SMILES string of the molecule is Cl.NC1CCC(C(=O)Nc2ccccc2-c2nc(-c3ccccc3)n[nH]2)C1. The lowest BCUT2D eigenvalue weighted by Crippen LogP contribution is -2.23. The quantitative estimate of drug-likeness (QED) is 0.640. The van der Waals surface area contributed by atoms with Crippen LogP contribution in [0.4, 0.5) is 5.69 Å². The van der Waals surface area contributed by atoms with Crippen molar-refractivity contribution in [3.05, 3.63) is 54.6 Å². The van der Waals surface area contributed by atoms with Gasteiger partial charge in [0.2, 0.25) is 5.91 Å². The fourth-order valence-corrected chi connectivity index (χ4v) is 3.39. The number of nitrogens with one attached hydrogen (secondary N) is 2. The molecule has 0 spiro atoms. The Morgan fingerprint density at radius 2 is 1.81 bits per heavy atom. The minimum atomic E-state index is -0.0207. The van der Waals surface area contributed by atoms with Crippen LogP contribution in [0.3, 0.4) is 0 Å². The second-order valence-corrected chi connectivity index (χ2v) is 6.68. The normalized spacial score (nSPS) is 18.7. The third-order valence-electron chi connectivity index (χ3n) is 4.80. The standard InChI is InChI=1S/C20H21N5O.ClH/c21-15-11-10-14(12-15)20(26)22-17-9-5-4-8-16(17)19-23-18(24-25-19)13-6-2-1-3-7-13;/h1-9,14-15H,10-12,21H2,(H,22,26)(H,23,24,25);1H. The van der Waals surface area contributed by atoms with Crippen molar-refractivity contribution in [2.24, 2.45) is 11.7 Å². The van der Waals surface area contributed by atoms with Crippen LogP contribution in [0.15, 0.2) is 54.6 Å². The van der Waals surface area contributed by atoms with Crippen molar-refractivity contribution in [1.82, 2.24) is 15.2 Å². The van der Waals surface area contributed by atoms with Crippen LogP contribution in [0, 0.1) is 5.92 Å². The highest BCUT2D eigenvalue weighted by molar-refractivity contribution is 5.96. The Kier molecular flexibility index (Phi) is 5.88. The number of carbonyl (C=O) groups excluding carboxylic acids is 1. The molecule has 1 fully saturated rings. The summed E-state index contributed by atoms with van der Waals surface area (Å²) >= 11 is 0. The van der Waals surface area contributed by atoms with Gasteiger partial charge >= 0.3 is 0 Å². The number of aromatic nitrogens is 3. The van der Waals surface area contributed by atoms with E-state index in [1.807, 2.05) is 54.6 Å². The number of aromatic amines is 1. The number of halogens is 1. The van der Waals surface area contributed by atoms with Crippen LogP contribution in [-0.2, 0) is 4.79 Å². The highest BCUT2D eigenvalue weighted by atomic mass is 35.5. The van der Waals surface area contributed by atoms with Crippen molar-refractivity contribution >= 4 is 24.0 Å². The second-order valence-electron chi connectivity index (χ2n) is 6.68. The van der Waals surface area contributed by atoms with E-state index in [4.69, 9.17) is 5.73 Å². The van der Waals surface area contributed by atoms with E-state index in [9.17, 15) is 4.79 Å². The predicted molar refractivity (Wildman–Crippen MR) is 108 cm³/mol. The van der Waals surface area contributed by atoms with Gasteiger partial charge in [0.15, 0.2) is 11.6 Å². The zero-order valence-electron chi connectivity index (χ0n) is 14.8. The number of nitrogens with zero attached hydrogens (tertiary/aromatic N) is 2. The fraction of sp³-hybridized carbons (Fsp3) is 0.250. The van der Waals surface area contributed by atoms with Gasteiger partial charge in [0, 0.05) is 23.1 Å². The van der Waals surface area contributed by atoms with Crippen molar-refractivity contribution in [2.45, 2.75) is 25.3 Å². The number of H-pyrrole nitrogens is 1. The topological polar surface area (TPSA) is 96.7 Å². The van der Waals surface area contributed by atoms with Crippen LogP contribution >= 0.6 is 12.4 Å². The molecule has 1 amide bonds. The Balaban J connectivity index is 0.00000210. The van der Waals surface area contributed by atoms with Gasteiger partial charge in [-0.25, -0.2) is 4.98 Å². The van der Waals surface area contributed by atoms with Gasteiger partial charge in [0.1, 0.15) is 0 Å². The van der Waals surface area contributed by atoms with Gasteiger partial charge in [-0.15, -0.1) is 12.4 Å². The van der Waals surface area contributed by atoms with Crippen LogP contribution < -0.4 is 11.1 Å². The Hall–Kier alpha value is -2.70. The molecule has 1 aliphatic carbocycles. The molecule has 4 rings (SSSR count). The molecule has 2 unspecified atom stereocenters. The first-order valence-corrected chi connectivity index (χ1v) is 8.84. The van der Waals surface area contributed by atoms with Crippen LogP contribution in [0.25, 0.3) is 22.8 Å². The monoisotopic (exact) mass is 383 g/mol. The van der Waals surface area contributed by atoms with Gasteiger partial charge in [-0.2, -0.15) is 5.10 Å². The first kappa shape index (κ1) is 19.1. The van der Waals surface area contributed by atoms with Crippen molar-refractivity contribution in [3.8, 4) is 22.8 Å². The summed E-state index contributed by atoms with van der Waals surface area (Å²) in [5, 5.41) is 10.3. The smallest absolute Gasteiger partial charge is 0.227 e. The fourth-order valence-electron chi connectivity index (χ4n) is 3.39. The van der Waals surface area contributed by atoms with Gasteiger partial charge < -0.3 is 11.1 Å². The summed E-state index contributed by atoms with van der Waals surface area (Å²) < 4.78 is 0. The van der Waals surface area contributed by atoms with E-state index in [2.05, 4.69) is 20.5 Å². The molecule has 1 heterocycles. The first-order valence-electron chi connectivity index (χ1n) is 8.84. The number of para-hydroxylation sites is 1. The van der Waals surface area contributed by atoms with Gasteiger partial charge in [-0.3, -0.25) is 9.89 Å². The highest BCUT2D eigenvalue weighted by Gasteiger charge is 2.28. The summed E-state index contributed by atoms with van der Waals surface area (Å²) in [6.45, 7) is 0. The number of benzene rings is 2. The molecular weight excluding hydrogens is 362 g/mol. The molecule has 2 aromatic carbocycles. The van der Waals surface area contributed by atoms with Crippen molar-refractivity contribution < 1.29 is 4.79 Å². The number of hydrogen-bond acceptors (Lipinski definition) is 4. The minimum absolute atomic E-state index is 0. The largest absolute Gasteiger partial charge is 0.328 e. The zero-order valence-corrected chi connectivity index (χ0v) is 15.6. The summed E-state index contributed by atoms with van der Waals surface area (Å²) in [5.41, 5.74) is 8.42. The van der Waals surface area contributed by atoms with Crippen LogP contribution in [0.2, 0.25) is 0 Å². The number of amides is 1. The first-order chi connectivity index (χ1) is 12.7. The second kappa shape index (κ2) is 8.33. The molecule has 2 atom stereocenters.